The third-order valence-electron chi connectivity index (χ3n) is 1.99. The van der Waals surface area contributed by atoms with Crippen molar-refractivity contribution in [3.05, 3.63) is 54.4 Å². The van der Waals surface area contributed by atoms with E-state index in [1.54, 1.807) is 42.6 Å². The van der Waals surface area contributed by atoms with Crippen molar-refractivity contribution in [2.24, 2.45) is 0 Å². The summed E-state index contributed by atoms with van der Waals surface area (Å²) in [7, 11) is -3.09. The first-order chi connectivity index (χ1) is 7.18. The topological polar surface area (TPSA) is 53.1 Å². The Morgan fingerprint density at radius 2 is 1.87 bits per heavy atom. The molecule has 3 nitrogen and oxygen atoms in total. The zero-order valence-electron chi connectivity index (χ0n) is 7.96. The van der Waals surface area contributed by atoms with Crippen LogP contribution < -0.4 is 0 Å². The Kier molecular flexibility index (Phi) is 2.62. The van der Waals surface area contributed by atoms with Crippen molar-refractivity contribution < 1.29 is 8.76 Å². The summed E-state index contributed by atoms with van der Waals surface area (Å²) < 4.78 is 21.7. The maximum absolute atomic E-state index is 11.9. The summed E-state index contributed by atoms with van der Waals surface area (Å²) in [5, 5.41) is 1.34. The number of nitrogens with one attached hydrogen (secondary N) is 1. The van der Waals surface area contributed by atoms with Crippen molar-refractivity contribution in [3.8, 4) is 0 Å². The summed E-state index contributed by atoms with van der Waals surface area (Å²) in [5.74, 6) is 0. The summed E-state index contributed by atoms with van der Waals surface area (Å²) >= 11 is 0. The molecule has 78 valence electrons. The molecule has 4 heteroatoms. The van der Waals surface area contributed by atoms with Crippen LogP contribution in [0, 0.1) is 0 Å². The van der Waals surface area contributed by atoms with E-state index >= 15 is 0 Å². The van der Waals surface area contributed by atoms with Crippen LogP contribution in [0.1, 0.15) is 5.69 Å². The highest BCUT2D eigenvalue weighted by atomic mass is 32.2. The molecule has 0 radical (unpaired) electrons. The highest BCUT2D eigenvalue weighted by Crippen LogP contribution is 2.08. The summed E-state index contributed by atoms with van der Waals surface area (Å²) in [6, 6.07) is 12.1. The average Bonchev–Trinajstić information content (AvgIpc) is 2.71. The van der Waals surface area contributed by atoms with E-state index in [1.807, 2.05) is 6.07 Å². The van der Waals surface area contributed by atoms with Gasteiger partial charge in [-0.1, -0.05) is 18.2 Å². The van der Waals surface area contributed by atoms with Gasteiger partial charge >= 0.3 is 0 Å². The molecule has 0 bridgehead atoms. The summed E-state index contributed by atoms with van der Waals surface area (Å²) in [6.45, 7) is 0. The van der Waals surface area contributed by atoms with Gasteiger partial charge in [-0.3, -0.25) is 0 Å². The fourth-order valence-corrected chi connectivity index (χ4v) is 2.45. The second kappa shape index (κ2) is 3.92. The summed E-state index contributed by atoms with van der Waals surface area (Å²) in [5.41, 5.74) is 0.645. The van der Waals surface area contributed by atoms with Crippen molar-refractivity contribution in [2.45, 2.75) is 4.90 Å². The van der Waals surface area contributed by atoms with Crippen LogP contribution in [0.5, 0.6) is 0 Å². The van der Waals surface area contributed by atoms with E-state index < -0.39 is 9.80 Å². The SMILES string of the molecule is O=S(O)(=Cc1ccc[nH]1)c1ccccc1. The van der Waals surface area contributed by atoms with Crippen molar-refractivity contribution in [1.82, 2.24) is 4.98 Å². The Bertz CT molecular complexity index is 537. The molecule has 0 saturated carbocycles. The number of rotatable bonds is 2. The first-order valence-corrected chi connectivity index (χ1v) is 6.06. The van der Waals surface area contributed by atoms with Gasteiger partial charge in [0.2, 0.25) is 0 Å². The molecular formula is C11H11NO2S. The van der Waals surface area contributed by atoms with Gasteiger partial charge in [0.25, 0.3) is 0 Å². The van der Waals surface area contributed by atoms with Gasteiger partial charge in [0.15, 0.2) is 0 Å². The van der Waals surface area contributed by atoms with Crippen molar-refractivity contribution in [1.29, 1.82) is 0 Å². The lowest BCUT2D eigenvalue weighted by molar-refractivity contribution is 0.560. The highest BCUT2D eigenvalue weighted by Gasteiger charge is 2.05. The molecule has 1 heterocycles. The van der Waals surface area contributed by atoms with Crippen LogP contribution >= 0.6 is 0 Å². The van der Waals surface area contributed by atoms with Crippen LogP contribution in [0.3, 0.4) is 0 Å². The van der Waals surface area contributed by atoms with Gasteiger partial charge in [-0.25, -0.2) is 4.21 Å². The van der Waals surface area contributed by atoms with Gasteiger partial charge in [-0.05, 0) is 24.3 Å². The van der Waals surface area contributed by atoms with Gasteiger partial charge < -0.3 is 9.54 Å². The number of H-pyrrole nitrogens is 1. The van der Waals surface area contributed by atoms with Crippen LogP contribution in [0.15, 0.2) is 53.6 Å². The Morgan fingerprint density at radius 1 is 1.13 bits per heavy atom. The lowest BCUT2D eigenvalue weighted by atomic mass is 10.4. The number of hydrogen-bond acceptors (Lipinski definition) is 1. The lowest BCUT2D eigenvalue weighted by Crippen LogP contribution is -2.03. The summed E-state index contributed by atoms with van der Waals surface area (Å²) in [4.78, 5) is 3.28. The maximum atomic E-state index is 11.9. The third-order valence-corrected chi connectivity index (χ3v) is 3.51. The van der Waals surface area contributed by atoms with E-state index in [1.165, 1.54) is 5.37 Å². The molecule has 1 aromatic heterocycles. The predicted octanol–water partition coefficient (Wildman–Crippen LogP) is 1.98. The largest absolute Gasteiger partial charge is 0.361 e. The Balaban J connectivity index is 2.49. The van der Waals surface area contributed by atoms with Crippen molar-refractivity contribution in [3.63, 3.8) is 0 Å². The zero-order valence-corrected chi connectivity index (χ0v) is 8.78. The number of aromatic amines is 1. The van der Waals surface area contributed by atoms with E-state index in [0.717, 1.165) is 0 Å². The maximum Gasteiger partial charge on any atom is 0.113 e. The van der Waals surface area contributed by atoms with E-state index in [2.05, 4.69) is 4.98 Å². The first kappa shape index (κ1) is 10.0. The van der Waals surface area contributed by atoms with Crippen LogP contribution in [0.2, 0.25) is 0 Å². The molecular weight excluding hydrogens is 210 g/mol. The Hall–Kier alpha value is -1.52. The number of aromatic nitrogens is 1. The van der Waals surface area contributed by atoms with Gasteiger partial charge in [-0.15, -0.1) is 0 Å². The minimum Gasteiger partial charge on any atom is -0.361 e. The molecule has 1 unspecified atom stereocenters. The van der Waals surface area contributed by atoms with E-state index in [9.17, 15) is 8.76 Å². The molecule has 0 amide bonds. The number of benzene rings is 1. The molecule has 1 atom stereocenters. The molecule has 2 rings (SSSR count). The van der Waals surface area contributed by atoms with Crippen LogP contribution in [-0.4, -0.2) is 19.1 Å². The fraction of sp³-hybridized carbons (Fsp3) is 0. The van der Waals surface area contributed by atoms with Gasteiger partial charge in [0.05, 0.1) is 4.90 Å². The highest BCUT2D eigenvalue weighted by molar-refractivity contribution is 7.96. The van der Waals surface area contributed by atoms with Crippen LogP contribution in [0.25, 0.3) is 0 Å². The van der Waals surface area contributed by atoms with Crippen LogP contribution in [-0.2, 0) is 9.80 Å². The minimum atomic E-state index is -3.09. The van der Waals surface area contributed by atoms with E-state index in [0.29, 0.717) is 10.6 Å². The monoisotopic (exact) mass is 221 g/mol. The van der Waals surface area contributed by atoms with Crippen LogP contribution in [0.4, 0.5) is 0 Å². The quantitative estimate of drug-likeness (QED) is 0.762. The van der Waals surface area contributed by atoms with E-state index in [4.69, 9.17) is 0 Å². The summed E-state index contributed by atoms with van der Waals surface area (Å²) in [6.07, 6.45) is 1.71. The van der Waals surface area contributed by atoms with E-state index in [-0.39, 0.29) is 0 Å². The molecule has 0 aliphatic heterocycles. The van der Waals surface area contributed by atoms with Gasteiger partial charge in [-0.2, -0.15) is 0 Å². The molecule has 2 N–H and O–H groups in total. The molecule has 0 aliphatic rings. The third kappa shape index (κ3) is 2.29. The first-order valence-electron chi connectivity index (χ1n) is 4.48. The molecule has 15 heavy (non-hydrogen) atoms. The molecule has 0 saturated heterocycles. The molecule has 0 spiro atoms. The lowest BCUT2D eigenvalue weighted by Gasteiger charge is -2.02. The standard InChI is InChI=1S/C11H11NO2S/c13-15(14,9-10-5-4-8-12-10)11-6-2-1-3-7-11/h1-9,12H,(H,13,14). The Morgan fingerprint density at radius 3 is 2.47 bits per heavy atom. The fourth-order valence-electron chi connectivity index (χ4n) is 1.27. The van der Waals surface area contributed by atoms with Crippen molar-refractivity contribution >= 4 is 15.2 Å². The predicted molar refractivity (Wildman–Crippen MR) is 61.4 cm³/mol. The second-order valence-electron chi connectivity index (χ2n) is 3.13. The van der Waals surface area contributed by atoms with Gasteiger partial charge in [0, 0.05) is 17.3 Å². The second-order valence-corrected chi connectivity index (χ2v) is 4.97. The smallest absolute Gasteiger partial charge is 0.113 e. The average molecular weight is 221 g/mol. The molecule has 2 aromatic rings. The molecule has 1 aromatic carbocycles. The van der Waals surface area contributed by atoms with Gasteiger partial charge in [0.1, 0.15) is 9.80 Å². The molecule has 0 aliphatic carbocycles. The minimum absolute atomic E-state index is 0.416. The molecule has 0 fully saturated rings. The van der Waals surface area contributed by atoms with Crippen molar-refractivity contribution in [2.75, 3.05) is 0 Å². The Labute approximate surface area is 88.6 Å². The number of hydrogen-bond donors (Lipinski definition) is 2. The normalized spacial score (nSPS) is 14.5. The zero-order chi connectivity index (χ0) is 10.7.